The number of nitrogens with two attached hydrogens (primary N) is 1. The standard InChI is InChI=1S/C20H27NO/c1-16-14-19(22-13-9-4-3-8-12-21)15-17(2)20(16)18-10-6-5-7-11-18/h5-7,10-11,14-15H,3-4,8-9,12-13,21H2,1-2H3. The lowest BCUT2D eigenvalue weighted by Crippen LogP contribution is -2.01. The van der Waals surface area contributed by atoms with E-state index in [1.807, 2.05) is 0 Å². The summed E-state index contributed by atoms with van der Waals surface area (Å²) < 4.78 is 5.91. The van der Waals surface area contributed by atoms with Crippen molar-refractivity contribution in [2.75, 3.05) is 13.2 Å². The van der Waals surface area contributed by atoms with E-state index in [1.165, 1.54) is 35.1 Å². The van der Waals surface area contributed by atoms with Crippen molar-refractivity contribution in [1.29, 1.82) is 0 Å². The fourth-order valence-corrected chi connectivity index (χ4v) is 2.86. The van der Waals surface area contributed by atoms with E-state index in [9.17, 15) is 0 Å². The molecule has 2 nitrogen and oxygen atoms in total. The van der Waals surface area contributed by atoms with Crippen molar-refractivity contribution < 1.29 is 4.74 Å². The van der Waals surface area contributed by atoms with Gasteiger partial charge in [0.25, 0.3) is 0 Å². The van der Waals surface area contributed by atoms with E-state index in [1.54, 1.807) is 0 Å². The molecular weight excluding hydrogens is 270 g/mol. The molecule has 0 spiro atoms. The van der Waals surface area contributed by atoms with Crippen LogP contribution in [-0.4, -0.2) is 13.2 Å². The monoisotopic (exact) mass is 297 g/mol. The second-order valence-corrected chi connectivity index (χ2v) is 5.85. The fraction of sp³-hybridized carbons (Fsp3) is 0.400. The summed E-state index contributed by atoms with van der Waals surface area (Å²) in [4.78, 5) is 0. The maximum atomic E-state index is 5.91. The van der Waals surface area contributed by atoms with Crippen molar-refractivity contribution in [2.45, 2.75) is 39.5 Å². The molecule has 0 aliphatic heterocycles. The maximum Gasteiger partial charge on any atom is 0.119 e. The van der Waals surface area contributed by atoms with Crippen LogP contribution in [-0.2, 0) is 0 Å². The molecule has 0 unspecified atom stereocenters. The summed E-state index contributed by atoms with van der Waals surface area (Å²) in [6, 6.07) is 14.8. The number of hydrogen-bond acceptors (Lipinski definition) is 2. The van der Waals surface area contributed by atoms with Gasteiger partial charge in [-0.15, -0.1) is 0 Å². The molecule has 0 aliphatic carbocycles. The number of ether oxygens (including phenoxy) is 1. The van der Waals surface area contributed by atoms with Gasteiger partial charge in [-0.1, -0.05) is 43.2 Å². The van der Waals surface area contributed by atoms with Gasteiger partial charge in [-0.2, -0.15) is 0 Å². The van der Waals surface area contributed by atoms with E-state index >= 15 is 0 Å². The topological polar surface area (TPSA) is 35.2 Å². The molecule has 2 heteroatoms. The fourth-order valence-electron chi connectivity index (χ4n) is 2.86. The normalized spacial score (nSPS) is 10.7. The van der Waals surface area contributed by atoms with Crippen molar-refractivity contribution in [2.24, 2.45) is 5.73 Å². The van der Waals surface area contributed by atoms with E-state index in [2.05, 4.69) is 56.3 Å². The molecule has 0 bridgehead atoms. The Labute approximate surface area is 134 Å². The predicted molar refractivity (Wildman–Crippen MR) is 94.4 cm³/mol. The minimum absolute atomic E-state index is 0.786. The van der Waals surface area contributed by atoms with Crippen LogP contribution in [0.1, 0.15) is 36.8 Å². The van der Waals surface area contributed by atoms with Crippen LogP contribution in [0.5, 0.6) is 5.75 Å². The Morgan fingerprint density at radius 3 is 2.14 bits per heavy atom. The van der Waals surface area contributed by atoms with Gasteiger partial charge < -0.3 is 10.5 Å². The third kappa shape index (κ3) is 4.60. The Bertz CT molecular complexity index is 555. The van der Waals surface area contributed by atoms with E-state index < -0.39 is 0 Å². The van der Waals surface area contributed by atoms with Crippen molar-refractivity contribution in [1.82, 2.24) is 0 Å². The summed E-state index contributed by atoms with van der Waals surface area (Å²) in [5.41, 5.74) is 10.6. The van der Waals surface area contributed by atoms with E-state index in [4.69, 9.17) is 10.5 Å². The van der Waals surface area contributed by atoms with Crippen molar-refractivity contribution in [3.05, 3.63) is 53.6 Å². The molecule has 0 aromatic heterocycles. The van der Waals surface area contributed by atoms with Gasteiger partial charge in [0.05, 0.1) is 6.61 Å². The molecule has 0 radical (unpaired) electrons. The molecule has 0 heterocycles. The van der Waals surface area contributed by atoms with Crippen LogP contribution in [0.3, 0.4) is 0 Å². The Morgan fingerprint density at radius 2 is 1.50 bits per heavy atom. The highest BCUT2D eigenvalue weighted by Crippen LogP contribution is 2.30. The largest absolute Gasteiger partial charge is 0.494 e. The SMILES string of the molecule is Cc1cc(OCCCCCCN)cc(C)c1-c1ccccc1. The molecule has 2 aromatic rings. The summed E-state index contributed by atoms with van der Waals surface area (Å²) >= 11 is 0. The number of benzene rings is 2. The smallest absolute Gasteiger partial charge is 0.119 e. The molecule has 2 aromatic carbocycles. The van der Waals surface area contributed by atoms with Gasteiger partial charge >= 0.3 is 0 Å². The first-order valence-electron chi connectivity index (χ1n) is 8.22. The lowest BCUT2D eigenvalue weighted by Gasteiger charge is -2.14. The zero-order valence-electron chi connectivity index (χ0n) is 13.8. The zero-order chi connectivity index (χ0) is 15.8. The second-order valence-electron chi connectivity index (χ2n) is 5.85. The number of unbranched alkanes of at least 4 members (excludes halogenated alkanes) is 3. The minimum Gasteiger partial charge on any atom is -0.494 e. The summed E-state index contributed by atoms with van der Waals surface area (Å²) in [7, 11) is 0. The second kappa shape index (κ2) is 8.60. The van der Waals surface area contributed by atoms with Gasteiger partial charge in [0, 0.05) is 0 Å². The molecule has 0 amide bonds. The lowest BCUT2D eigenvalue weighted by molar-refractivity contribution is 0.304. The molecule has 0 atom stereocenters. The van der Waals surface area contributed by atoms with Crippen LogP contribution in [0.2, 0.25) is 0 Å². The molecule has 2 N–H and O–H groups in total. The summed E-state index contributed by atoms with van der Waals surface area (Å²) in [5.74, 6) is 0.980. The molecule has 118 valence electrons. The maximum absolute atomic E-state index is 5.91. The Morgan fingerprint density at radius 1 is 0.864 bits per heavy atom. The Hall–Kier alpha value is -1.80. The number of aryl methyl sites for hydroxylation is 2. The zero-order valence-corrected chi connectivity index (χ0v) is 13.8. The molecule has 0 saturated carbocycles. The number of rotatable bonds is 8. The summed E-state index contributed by atoms with van der Waals surface area (Å²) in [5, 5.41) is 0. The van der Waals surface area contributed by atoms with Gasteiger partial charge in [-0.05, 0) is 67.6 Å². The molecule has 2 rings (SSSR count). The van der Waals surface area contributed by atoms with Crippen molar-refractivity contribution in [3.63, 3.8) is 0 Å². The average Bonchev–Trinajstić information content (AvgIpc) is 2.51. The highest BCUT2D eigenvalue weighted by molar-refractivity contribution is 5.71. The van der Waals surface area contributed by atoms with Crippen molar-refractivity contribution >= 4 is 0 Å². The van der Waals surface area contributed by atoms with Crippen molar-refractivity contribution in [3.8, 4) is 16.9 Å². The predicted octanol–water partition coefficient (Wildman–Crippen LogP) is 4.87. The first-order chi connectivity index (χ1) is 10.7. The van der Waals surface area contributed by atoms with Gasteiger partial charge in [-0.25, -0.2) is 0 Å². The van der Waals surface area contributed by atoms with Gasteiger partial charge in [0.15, 0.2) is 0 Å². The van der Waals surface area contributed by atoms with E-state index in [0.29, 0.717) is 0 Å². The molecule has 0 saturated heterocycles. The molecule has 0 aliphatic rings. The van der Waals surface area contributed by atoms with Crippen LogP contribution in [0.15, 0.2) is 42.5 Å². The minimum atomic E-state index is 0.786. The van der Waals surface area contributed by atoms with Gasteiger partial charge in [-0.3, -0.25) is 0 Å². The number of hydrogen-bond donors (Lipinski definition) is 1. The lowest BCUT2D eigenvalue weighted by atomic mass is 9.95. The molecule has 0 fully saturated rings. The van der Waals surface area contributed by atoms with Crippen LogP contribution in [0.25, 0.3) is 11.1 Å². The van der Waals surface area contributed by atoms with Crippen LogP contribution >= 0.6 is 0 Å². The quantitative estimate of drug-likeness (QED) is 0.706. The average molecular weight is 297 g/mol. The first kappa shape index (κ1) is 16.6. The van der Waals surface area contributed by atoms with Gasteiger partial charge in [0.2, 0.25) is 0 Å². The third-order valence-electron chi connectivity index (χ3n) is 3.94. The molecular formula is C20H27NO. The highest BCUT2D eigenvalue weighted by atomic mass is 16.5. The Kier molecular flexibility index (Phi) is 6.47. The van der Waals surface area contributed by atoms with Crippen LogP contribution in [0, 0.1) is 13.8 Å². The summed E-state index contributed by atoms with van der Waals surface area (Å²) in [6.45, 7) is 5.89. The Balaban J connectivity index is 1.98. The summed E-state index contributed by atoms with van der Waals surface area (Å²) in [6.07, 6.45) is 4.60. The first-order valence-corrected chi connectivity index (χ1v) is 8.22. The van der Waals surface area contributed by atoms with Crippen LogP contribution in [0.4, 0.5) is 0 Å². The van der Waals surface area contributed by atoms with E-state index in [0.717, 1.165) is 31.7 Å². The van der Waals surface area contributed by atoms with Gasteiger partial charge in [0.1, 0.15) is 5.75 Å². The molecule has 22 heavy (non-hydrogen) atoms. The van der Waals surface area contributed by atoms with E-state index in [-0.39, 0.29) is 0 Å². The third-order valence-corrected chi connectivity index (χ3v) is 3.94. The highest BCUT2D eigenvalue weighted by Gasteiger charge is 2.08. The van der Waals surface area contributed by atoms with Crippen LogP contribution < -0.4 is 10.5 Å².